The van der Waals surface area contributed by atoms with Gasteiger partial charge >= 0.3 is 0 Å². The van der Waals surface area contributed by atoms with Crippen LogP contribution in [0.5, 0.6) is 0 Å². The Labute approximate surface area is 165 Å². The van der Waals surface area contributed by atoms with E-state index in [2.05, 4.69) is 15.0 Å². The first-order valence-electron chi connectivity index (χ1n) is 8.58. The molecule has 0 saturated carbocycles. The van der Waals surface area contributed by atoms with Crippen molar-refractivity contribution in [3.63, 3.8) is 0 Å². The number of hydrogen-bond donors (Lipinski definition) is 1. The Bertz CT molecular complexity index is 1150. The third-order valence-corrected chi connectivity index (χ3v) is 5.41. The van der Waals surface area contributed by atoms with Crippen molar-refractivity contribution in [1.82, 2.24) is 19.5 Å². The topological polar surface area (TPSA) is 76.0 Å². The number of hydrogen-bond acceptors (Lipinski definition) is 6. The minimum absolute atomic E-state index is 0.296. The molecule has 0 aliphatic carbocycles. The molecule has 2 aromatic heterocycles. The predicted molar refractivity (Wildman–Crippen MR) is 108 cm³/mol. The quantitative estimate of drug-likeness (QED) is 0.663. The highest BCUT2D eigenvalue weighted by Crippen LogP contribution is 2.22. The van der Waals surface area contributed by atoms with Crippen LogP contribution in [0, 0.1) is 18.5 Å². The van der Waals surface area contributed by atoms with Crippen molar-refractivity contribution in [2.75, 3.05) is 31.2 Å². The Morgan fingerprint density at radius 2 is 1.96 bits per heavy atom. The van der Waals surface area contributed by atoms with Crippen LogP contribution >= 0.6 is 23.8 Å². The van der Waals surface area contributed by atoms with Gasteiger partial charge in [0, 0.05) is 23.8 Å². The van der Waals surface area contributed by atoms with E-state index >= 15 is 0 Å². The summed E-state index contributed by atoms with van der Waals surface area (Å²) in [5.41, 5.74) is 1.77. The van der Waals surface area contributed by atoms with Crippen molar-refractivity contribution in [2.24, 2.45) is 0 Å². The summed E-state index contributed by atoms with van der Waals surface area (Å²) in [5, 5.41) is 0.924. The van der Waals surface area contributed by atoms with Gasteiger partial charge in [0.1, 0.15) is 15.9 Å². The van der Waals surface area contributed by atoms with Gasteiger partial charge in [-0.25, -0.2) is 4.98 Å². The van der Waals surface area contributed by atoms with Crippen LogP contribution in [0.4, 0.5) is 5.95 Å². The van der Waals surface area contributed by atoms with E-state index in [9.17, 15) is 4.79 Å². The van der Waals surface area contributed by atoms with Gasteiger partial charge in [-0.2, -0.15) is 4.98 Å². The van der Waals surface area contributed by atoms with Crippen LogP contribution in [0.1, 0.15) is 11.4 Å². The van der Waals surface area contributed by atoms with Crippen LogP contribution in [0.25, 0.3) is 16.7 Å². The second kappa shape index (κ2) is 7.03. The van der Waals surface area contributed by atoms with Crippen molar-refractivity contribution in [3.8, 4) is 5.69 Å². The number of aromatic nitrogens is 4. The molecular formula is C18H18ClN5O2S. The lowest BCUT2D eigenvalue weighted by molar-refractivity contribution is 0.122. The Morgan fingerprint density at radius 3 is 2.67 bits per heavy atom. The zero-order chi connectivity index (χ0) is 19.1. The fourth-order valence-electron chi connectivity index (χ4n) is 3.14. The second-order valence-electron chi connectivity index (χ2n) is 6.42. The second-order valence-corrected chi connectivity index (χ2v) is 7.21. The number of aryl methyl sites for hydroxylation is 2. The molecular weight excluding hydrogens is 386 g/mol. The fraction of sp³-hybridized carbons (Fsp3) is 0.333. The molecule has 27 heavy (non-hydrogen) atoms. The fourth-order valence-corrected chi connectivity index (χ4v) is 3.73. The molecule has 7 nitrogen and oxygen atoms in total. The molecule has 1 aliphatic heterocycles. The molecule has 3 aromatic rings. The molecule has 1 fully saturated rings. The Kier molecular flexibility index (Phi) is 4.71. The SMILES string of the molecule is Cc1ccc(-n2c(C)nc3nc(N4CCOCC4)[nH]c(=O)c3c2=S)cc1Cl. The van der Waals surface area contributed by atoms with Gasteiger partial charge in [-0.15, -0.1) is 0 Å². The van der Waals surface area contributed by atoms with Crippen LogP contribution in [0.3, 0.4) is 0 Å². The summed E-state index contributed by atoms with van der Waals surface area (Å²) in [6.45, 7) is 6.30. The number of aromatic amines is 1. The third kappa shape index (κ3) is 3.24. The lowest BCUT2D eigenvalue weighted by Crippen LogP contribution is -2.38. The molecule has 0 unspecified atom stereocenters. The number of fused-ring (bicyclic) bond motifs is 1. The minimum atomic E-state index is -0.300. The largest absolute Gasteiger partial charge is 0.378 e. The number of anilines is 1. The zero-order valence-corrected chi connectivity index (χ0v) is 16.5. The molecule has 1 saturated heterocycles. The van der Waals surface area contributed by atoms with E-state index < -0.39 is 0 Å². The molecule has 0 bridgehead atoms. The maximum Gasteiger partial charge on any atom is 0.264 e. The highest BCUT2D eigenvalue weighted by atomic mass is 35.5. The molecule has 3 heterocycles. The van der Waals surface area contributed by atoms with Gasteiger partial charge in [-0.05, 0) is 31.5 Å². The molecule has 140 valence electrons. The van der Waals surface area contributed by atoms with Crippen molar-refractivity contribution < 1.29 is 4.74 Å². The molecule has 0 amide bonds. The molecule has 1 aliphatic rings. The average molecular weight is 404 g/mol. The van der Waals surface area contributed by atoms with Gasteiger partial charge in [0.25, 0.3) is 5.56 Å². The molecule has 0 atom stereocenters. The lowest BCUT2D eigenvalue weighted by atomic mass is 10.2. The first-order valence-corrected chi connectivity index (χ1v) is 9.37. The van der Waals surface area contributed by atoms with Gasteiger partial charge in [-0.3, -0.25) is 14.3 Å². The molecule has 0 spiro atoms. The number of halogens is 1. The van der Waals surface area contributed by atoms with E-state index in [0.717, 1.165) is 11.3 Å². The molecule has 1 aromatic carbocycles. The summed E-state index contributed by atoms with van der Waals surface area (Å²) in [7, 11) is 0. The number of H-pyrrole nitrogens is 1. The molecule has 0 radical (unpaired) electrons. The van der Waals surface area contributed by atoms with E-state index in [1.54, 1.807) is 4.57 Å². The maximum atomic E-state index is 12.8. The van der Waals surface area contributed by atoms with Gasteiger partial charge < -0.3 is 9.64 Å². The molecule has 4 rings (SSSR count). The summed E-state index contributed by atoms with van der Waals surface area (Å²) in [6.07, 6.45) is 0. The highest BCUT2D eigenvalue weighted by Gasteiger charge is 2.18. The maximum absolute atomic E-state index is 12.8. The average Bonchev–Trinajstić information content (AvgIpc) is 2.64. The highest BCUT2D eigenvalue weighted by molar-refractivity contribution is 7.71. The van der Waals surface area contributed by atoms with E-state index in [0.29, 0.717) is 58.8 Å². The molecule has 9 heteroatoms. The van der Waals surface area contributed by atoms with Crippen LogP contribution in [0.15, 0.2) is 23.0 Å². The normalized spacial score (nSPS) is 14.7. The van der Waals surface area contributed by atoms with Crippen molar-refractivity contribution in [3.05, 3.63) is 49.6 Å². The summed E-state index contributed by atoms with van der Waals surface area (Å²) >= 11 is 11.9. The first kappa shape index (κ1) is 18.1. The third-order valence-electron chi connectivity index (χ3n) is 4.62. The number of nitrogens with one attached hydrogen (secondary N) is 1. The summed E-state index contributed by atoms with van der Waals surface area (Å²) < 4.78 is 7.46. The molecule has 1 N–H and O–H groups in total. The van der Waals surface area contributed by atoms with Gasteiger partial charge in [0.15, 0.2) is 5.65 Å². The minimum Gasteiger partial charge on any atom is -0.378 e. The predicted octanol–water partition coefficient (Wildman–Crippen LogP) is 2.95. The smallest absolute Gasteiger partial charge is 0.264 e. The monoisotopic (exact) mass is 403 g/mol. The Hall–Kier alpha value is -2.29. The van der Waals surface area contributed by atoms with Crippen LogP contribution in [-0.4, -0.2) is 45.8 Å². The number of morpholine rings is 1. The van der Waals surface area contributed by atoms with Crippen molar-refractivity contribution >= 4 is 40.8 Å². The standard InChI is InChI=1S/C18H18ClN5O2S/c1-10-3-4-12(9-13(10)19)24-11(2)20-15-14(17(24)27)16(25)22-18(21-15)23-5-7-26-8-6-23/h3-4,9H,5-8H2,1-2H3,(H,21,22,25). The van der Waals surface area contributed by atoms with Gasteiger partial charge in [0.05, 0.1) is 13.2 Å². The van der Waals surface area contributed by atoms with Crippen LogP contribution < -0.4 is 10.5 Å². The Morgan fingerprint density at radius 1 is 1.22 bits per heavy atom. The lowest BCUT2D eigenvalue weighted by Gasteiger charge is -2.27. The number of benzene rings is 1. The van der Waals surface area contributed by atoms with Crippen molar-refractivity contribution in [1.29, 1.82) is 0 Å². The van der Waals surface area contributed by atoms with E-state index in [-0.39, 0.29) is 5.56 Å². The number of nitrogens with zero attached hydrogens (tertiary/aromatic N) is 4. The van der Waals surface area contributed by atoms with Crippen LogP contribution in [-0.2, 0) is 4.74 Å². The number of ether oxygens (including phenoxy) is 1. The number of rotatable bonds is 2. The van der Waals surface area contributed by atoms with E-state index in [4.69, 9.17) is 28.6 Å². The summed E-state index contributed by atoms with van der Waals surface area (Å²) in [5.74, 6) is 1.13. The zero-order valence-electron chi connectivity index (χ0n) is 15.0. The first-order chi connectivity index (χ1) is 13.0. The summed E-state index contributed by atoms with van der Waals surface area (Å²) in [6, 6.07) is 5.63. The van der Waals surface area contributed by atoms with Crippen molar-refractivity contribution in [2.45, 2.75) is 13.8 Å². The summed E-state index contributed by atoms with van der Waals surface area (Å²) in [4.78, 5) is 26.7. The van der Waals surface area contributed by atoms with Gasteiger partial charge in [-0.1, -0.05) is 29.9 Å². The van der Waals surface area contributed by atoms with Gasteiger partial charge in [0.2, 0.25) is 5.95 Å². The van der Waals surface area contributed by atoms with Crippen LogP contribution in [0.2, 0.25) is 5.02 Å². The van der Waals surface area contributed by atoms with E-state index in [1.807, 2.05) is 36.9 Å². The van der Waals surface area contributed by atoms with E-state index in [1.165, 1.54) is 0 Å². The Balaban J connectivity index is 1.91.